The van der Waals surface area contributed by atoms with E-state index in [9.17, 15) is 0 Å². The van der Waals surface area contributed by atoms with Crippen LogP contribution in [-0.2, 0) is 5.41 Å². The van der Waals surface area contributed by atoms with Crippen molar-refractivity contribution in [3.05, 3.63) is 259 Å². The predicted octanol–water partition coefficient (Wildman–Crippen LogP) is 15.2. The minimum absolute atomic E-state index is 0.480. The van der Waals surface area contributed by atoms with E-state index >= 15 is 0 Å². The van der Waals surface area contributed by atoms with E-state index in [0.29, 0.717) is 0 Å². The molecule has 10 aromatic rings. The Kier molecular flexibility index (Phi) is 8.12. The van der Waals surface area contributed by atoms with Gasteiger partial charge in [-0.25, -0.2) is 0 Å². The lowest BCUT2D eigenvalue weighted by Crippen LogP contribution is -2.28. The van der Waals surface area contributed by atoms with Gasteiger partial charge in [0.05, 0.1) is 11.1 Å². The van der Waals surface area contributed by atoms with Crippen molar-refractivity contribution in [2.45, 2.75) is 5.41 Å². The number of hydrogen-bond acceptors (Lipinski definition) is 1. The molecule has 0 spiro atoms. The number of rotatable bonds is 7. The number of anilines is 3. The van der Waals surface area contributed by atoms with E-state index in [1.54, 1.807) is 0 Å². The van der Waals surface area contributed by atoms with E-state index in [4.69, 9.17) is 0 Å². The van der Waals surface area contributed by atoms with Crippen LogP contribution in [0.3, 0.4) is 0 Å². The van der Waals surface area contributed by atoms with Gasteiger partial charge in [-0.15, -0.1) is 0 Å². The third-order valence-electron chi connectivity index (χ3n) is 12.1. The van der Waals surface area contributed by atoms with Crippen LogP contribution in [0.5, 0.6) is 0 Å². The molecule has 0 atom stereocenters. The standard InChI is InChI=1S/C57H39N/c1-4-21-46(22-5-1)57(47-23-6-2-7-24-47)53-28-15-14-27-50(53)56-54(57)29-16-30-55(56)58(48-25-8-3-9-26-48)49-35-33-41(34-36-49)51-38-43-19-12-13-20-44(43)39-52(51)45-32-31-40-17-10-11-18-42(40)37-45/h1-39H. The fourth-order valence-corrected chi connectivity index (χ4v) is 9.53. The number of benzene rings is 10. The normalized spacial score (nSPS) is 12.6. The topological polar surface area (TPSA) is 3.24 Å². The summed E-state index contributed by atoms with van der Waals surface area (Å²) in [6.45, 7) is 0. The maximum atomic E-state index is 2.44. The zero-order chi connectivity index (χ0) is 38.5. The Morgan fingerprint density at radius 2 is 0.776 bits per heavy atom. The van der Waals surface area contributed by atoms with Gasteiger partial charge in [0.2, 0.25) is 0 Å². The van der Waals surface area contributed by atoms with Gasteiger partial charge in [-0.3, -0.25) is 0 Å². The molecule has 0 N–H and O–H groups in total. The van der Waals surface area contributed by atoms with Crippen LogP contribution in [0, 0.1) is 0 Å². The van der Waals surface area contributed by atoms with E-state index < -0.39 is 5.41 Å². The molecule has 0 amide bonds. The summed E-state index contributed by atoms with van der Waals surface area (Å²) in [7, 11) is 0. The first-order chi connectivity index (χ1) is 28.8. The highest BCUT2D eigenvalue weighted by Crippen LogP contribution is 2.59. The fraction of sp³-hybridized carbons (Fsp3) is 0.0175. The lowest BCUT2D eigenvalue weighted by molar-refractivity contribution is 0.768. The van der Waals surface area contributed by atoms with Crippen molar-refractivity contribution in [1.29, 1.82) is 0 Å². The second kappa shape index (κ2) is 13.9. The zero-order valence-electron chi connectivity index (χ0n) is 32.0. The van der Waals surface area contributed by atoms with Crippen LogP contribution in [0.1, 0.15) is 22.3 Å². The lowest BCUT2D eigenvalue weighted by Gasteiger charge is -2.34. The van der Waals surface area contributed by atoms with Crippen molar-refractivity contribution >= 4 is 38.6 Å². The van der Waals surface area contributed by atoms with Gasteiger partial charge in [-0.2, -0.15) is 0 Å². The maximum Gasteiger partial charge on any atom is 0.0714 e. The van der Waals surface area contributed by atoms with Gasteiger partial charge in [0, 0.05) is 16.9 Å². The summed E-state index contributed by atoms with van der Waals surface area (Å²) < 4.78 is 0. The van der Waals surface area contributed by atoms with Gasteiger partial charge in [0.15, 0.2) is 0 Å². The largest absolute Gasteiger partial charge is 0.310 e. The number of hydrogen-bond donors (Lipinski definition) is 0. The zero-order valence-corrected chi connectivity index (χ0v) is 32.0. The molecule has 0 radical (unpaired) electrons. The van der Waals surface area contributed by atoms with Crippen LogP contribution in [0.4, 0.5) is 17.1 Å². The van der Waals surface area contributed by atoms with Crippen molar-refractivity contribution in [3.63, 3.8) is 0 Å². The molecule has 272 valence electrons. The molecule has 0 aliphatic heterocycles. The summed E-state index contributed by atoms with van der Waals surface area (Å²) in [4.78, 5) is 2.44. The van der Waals surface area contributed by atoms with Gasteiger partial charge < -0.3 is 4.90 Å². The maximum absolute atomic E-state index is 2.44. The van der Waals surface area contributed by atoms with Crippen molar-refractivity contribution in [3.8, 4) is 33.4 Å². The molecule has 0 aromatic heterocycles. The second-order valence-electron chi connectivity index (χ2n) is 15.3. The second-order valence-corrected chi connectivity index (χ2v) is 15.3. The highest BCUT2D eigenvalue weighted by molar-refractivity contribution is 6.00. The highest BCUT2D eigenvalue weighted by Gasteiger charge is 2.47. The van der Waals surface area contributed by atoms with Crippen molar-refractivity contribution in [2.75, 3.05) is 4.90 Å². The Hall–Kier alpha value is -7.48. The molecule has 0 saturated heterocycles. The van der Waals surface area contributed by atoms with Crippen molar-refractivity contribution in [2.24, 2.45) is 0 Å². The minimum atomic E-state index is -0.480. The Morgan fingerprint density at radius 3 is 1.43 bits per heavy atom. The smallest absolute Gasteiger partial charge is 0.0714 e. The van der Waals surface area contributed by atoms with E-state index in [2.05, 4.69) is 241 Å². The minimum Gasteiger partial charge on any atom is -0.310 e. The molecule has 11 rings (SSSR count). The van der Waals surface area contributed by atoms with E-state index in [1.165, 1.54) is 77.2 Å². The number of nitrogens with zero attached hydrogens (tertiary/aromatic N) is 1. The average molecular weight is 738 g/mol. The molecule has 1 nitrogen and oxygen atoms in total. The Labute approximate surface area is 339 Å². The molecule has 0 unspecified atom stereocenters. The Morgan fingerprint density at radius 1 is 0.293 bits per heavy atom. The number of fused-ring (bicyclic) bond motifs is 5. The van der Waals surface area contributed by atoms with Crippen LogP contribution in [-0.4, -0.2) is 0 Å². The SMILES string of the molecule is c1ccc(N(c2ccc(-c3cc4ccccc4cc3-c3ccc4ccccc4c3)cc2)c2cccc3c2-c2ccccc2C3(c2ccccc2)c2ccccc2)cc1. The molecule has 1 heteroatoms. The number of para-hydroxylation sites is 1. The quantitative estimate of drug-likeness (QED) is 0.157. The third-order valence-corrected chi connectivity index (χ3v) is 12.1. The average Bonchev–Trinajstić information content (AvgIpc) is 3.61. The molecule has 58 heavy (non-hydrogen) atoms. The van der Waals surface area contributed by atoms with Gasteiger partial charge in [-0.05, 0) is 120 Å². The van der Waals surface area contributed by atoms with E-state index in [-0.39, 0.29) is 0 Å². The van der Waals surface area contributed by atoms with Gasteiger partial charge in [0.25, 0.3) is 0 Å². The van der Waals surface area contributed by atoms with E-state index in [0.717, 1.165) is 17.1 Å². The molecular weight excluding hydrogens is 699 g/mol. The monoisotopic (exact) mass is 737 g/mol. The first kappa shape index (κ1) is 33.8. The van der Waals surface area contributed by atoms with Crippen LogP contribution < -0.4 is 4.90 Å². The van der Waals surface area contributed by atoms with Crippen LogP contribution >= 0.6 is 0 Å². The van der Waals surface area contributed by atoms with Crippen molar-refractivity contribution in [1.82, 2.24) is 0 Å². The highest BCUT2D eigenvalue weighted by atomic mass is 15.1. The Balaban J connectivity index is 1.11. The molecule has 1 aliphatic carbocycles. The van der Waals surface area contributed by atoms with Gasteiger partial charge >= 0.3 is 0 Å². The summed E-state index contributed by atoms with van der Waals surface area (Å²) in [5.74, 6) is 0. The first-order valence-electron chi connectivity index (χ1n) is 20.1. The van der Waals surface area contributed by atoms with Crippen LogP contribution in [0.2, 0.25) is 0 Å². The lowest BCUT2D eigenvalue weighted by atomic mass is 9.68. The molecule has 0 heterocycles. The summed E-state index contributed by atoms with van der Waals surface area (Å²) in [5, 5.41) is 4.96. The van der Waals surface area contributed by atoms with Crippen molar-refractivity contribution < 1.29 is 0 Å². The molecular formula is C57H39N. The summed E-state index contributed by atoms with van der Waals surface area (Å²) >= 11 is 0. The molecule has 10 aromatic carbocycles. The van der Waals surface area contributed by atoms with Gasteiger partial charge in [-0.1, -0.05) is 188 Å². The molecule has 0 bridgehead atoms. The first-order valence-corrected chi connectivity index (χ1v) is 20.1. The summed E-state index contributed by atoms with van der Waals surface area (Å²) in [5.41, 5.74) is 15.4. The van der Waals surface area contributed by atoms with Crippen LogP contribution in [0.25, 0.3) is 54.9 Å². The predicted molar refractivity (Wildman–Crippen MR) is 244 cm³/mol. The third kappa shape index (κ3) is 5.39. The van der Waals surface area contributed by atoms with Gasteiger partial charge in [0.1, 0.15) is 0 Å². The fourth-order valence-electron chi connectivity index (χ4n) is 9.53. The summed E-state index contributed by atoms with van der Waals surface area (Å²) in [6.07, 6.45) is 0. The van der Waals surface area contributed by atoms with E-state index in [1.807, 2.05) is 0 Å². The summed E-state index contributed by atoms with van der Waals surface area (Å²) in [6, 6.07) is 86.8. The Bertz CT molecular complexity index is 3050. The molecule has 0 saturated carbocycles. The molecule has 1 aliphatic rings. The molecule has 0 fully saturated rings. The van der Waals surface area contributed by atoms with Crippen LogP contribution in [0.15, 0.2) is 237 Å².